The Labute approximate surface area is 58.6 Å². The molecule has 3 heteroatoms. The zero-order valence-corrected chi connectivity index (χ0v) is 6.19. The van der Waals surface area contributed by atoms with Crippen LogP contribution in [0.4, 0.5) is 0 Å². The Balaban J connectivity index is 2.68. The molecule has 1 radical (unpaired) electrons. The van der Waals surface area contributed by atoms with Crippen LogP contribution in [0, 0.1) is 6.92 Å². The van der Waals surface area contributed by atoms with Gasteiger partial charge in [-0.2, -0.15) is 11.8 Å². The second kappa shape index (κ2) is 5.07. The van der Waals surface area contributed by atoms with Crippen molar-refractivity contribution in [3.05, 3.63) is 6.92 Å². The average Bonchev–Trinajstić information content (AvgIpc) is 1.61. The number of halogens is 2. The predicted molar refractivity (Wildman–Crippen MR) is 38.2 cm³/mol. The van der Waals surface area contributed by atoms with E-state index in [4.69, 9.17) is 23.2 Å². The van der Waals surface area contributed by atoms with Crippen LogP contribution < -0.4 is 0 Å². The van der Waals surface area contributed by atoms with Crippen LogP contribution >= 0.6 is 35.0 Å². The van der Waals surface area contributed by atoms with Crippen molar-refractivity contribution in [3.8, 4) is 0 Å². The molecule has 0 heterocycles. The lowest BCUT2D eigenvalue weighted by atomic mass is 10.9. The third-order valence-corrected chi connectivity index (χ3v) is 1.92. The summed E-state index contributed by atoms with van der Waals surface area (Å²) in [4.78, 5) is -0.230. The standard InChI is InChI=1S/C4H7Cl2S/c1-2-7-3-4(5)6/h4H,1-3H2. The molecular weight excluding hydrogens is 151 g/mol. The Bertz CT molecular complexity index is 38.7. The van der Waals surface area contributed by atoms with Crippen molar-refractivity contribution in [2.45, 2.75) is 4.84 Å². The van der Waals surface area contributed by atoms with Crippen molar-refractivity contribution in [2.24, 2.45) is 0 Å². The van der Waals surface area contributed by atoms with Gasteiger partial charge in [0.25, 0.3) is 0 Å². The Hall–Kier alpha value is 0.930. The molecule has 0 rings (SSSR count). The minimum Gasteiger partial charge on any atom is -0.159 e. The Morgan fingerprint density at radius 3 is 2.29 bits per heavy atom. The lowest BCUT2D eigenvalue weighted by Crippen LogP contribution is -1.89. The van der Waals surface area contributed by atoms with Crippen molar-refractivity contribution in [3.63, 3.8) is 0 Å². The molecular formula is C4H7Cl2S. The zero-order chi connectivity index (χ0) is 5.70. The Kier molecular flexibility index (Phi) is 5.75. The van der Waals surface area contributed by atoms with E-state index in [0.717, 1.165) is 11.5 Å². The SMILES string of the molecule is [CH2]CSCC(Cl)Cl. The van der Waals surface area contributed by atoms with Gasteiger partial charge in [0.2, 0.25) is 0 Å². The zero-order valence-electron chi connectivity index (χ0n) is 3.86. The molecule has 0 fully saturated rings. The van der Waals surface area contributed by atoms with Gasteiger partial charge in [0.15, 0.2) is 0 Å². The van der Waals surface area contributed by atoms with Gasteiger partial charge in [-0.05, 0) is 12.7 Å². The van der Waals surface area contributed by atoms with E-state index in [1.165, 1.54) is 0 Å². The quantitative estimate of drug-likeness (QED) is 0.568. The molecule has 0 amide bonds. The molecule has 0 saturated heterocycles. The van der Waals surface area contributed by atoms with Crippen molar-refractivity contribution < 1.29 is 0 Å². The number of rotatable bonds is 3. The summed E-state index contributed by atoms with van der Waals surface area (Å²) in [6, 6.07) is 0. The maximum atomic E-state index is 5.37. The molecule has 0 spiro atoms. The molecule has 0 N–H and O–H groups in total. The molecule has 0 aliphatic carbocycles. The van der Waals surface area contributed by atoms with Crippen LogP contribution in [0.2, 0.25) is 0 Å². The van der Waals surface area contributed by atoms with Crippen LogP contribution in [0.5, 0.6) is 0 Å². The highest BCUT2D eigenvalue weighted by Crippen LogP contribution is 2.09. The first-order chi connectivity index (χ1) is 3.27. The monoisotopic (exact) mass is 157 g/mol. The molecule has 0 aromatic heterocycles. The summed E-state index contributed by atoms with van der Waals surface area (Å²) in [7, 11) is 0. The second-order valence-electron chi connectivity index (χ2n) is 0.966. The van der Waals surface area contributed by atoms with Crippen LogP contribution in [0.1, 0.15) is 0 Å². The highest BCUT2D eigenvalue weighted by Gasteiger charge is 1.94. The molecule has 0 nitrogen and oxygen atoms in total. The fourth-order valence-electron chi connectivity index (χ4n) is 0.172. The van der Waals surface area contributed by atoms with Crippen LogP contribution in [0.3, 0.4) is 0 Å². The van der Waals surface area contributed by atoms with E-state index >= 15 is 0 Å². The lowest BCUT2D eigenvalue weighted by Gasteiger charge is -1.94. The topological polar surface area (TPSA) is 0 Å². The third-order valence-electron chi connectivity index (χ3n) is 0.388. The third kappa shape index (κ3) is 6.93. The number of alkyl halides is 2. The van der Waals surface area contributed by atoms with Crippen LogP contribution in [-0.2, 0) is 0 Å². The van der Waals surface area contributed by atoms with Crippen molar-refractivity contribution >= 4 is 35.0 Å². The molecule has 0 aliphatic heterocycles. The van der Waals surface area contributed by atoms with Crippen LogP contribution in [-0.4, -0.2) is 16.3 Å². The molecule has 0 aliphatic rings. The molecule has 43 valence electrons. The van der Waals surface area contributed by atoms with Crippen LogP contribution in [0.15, 0.2) is 0 Å². The normalized spacial score (nSPS) is 10.3. The van der Waals surface area contributed by atoms with Gasteiger partial charge in [0.05, 0.1) is 0 Å². The maximum Gasteiger partial charge on any atom is 0.116 e. The van der Waals surface area contributed by atoms with Gasteiger partial charge in [-0.1, -0.05) is 0 Å². The van der Waals surface area contributed by atoms with E-state index in [9.17, 15) is 0 Å². The van der Waals surface area contributed by atoms with Gasteiger partial charge < -0.3 is 0 Å². The van der Waals surface area contributed by atoms with Crippen LogP contribution in [0.25, 0.3) is 0 Å². The van der Waals surface area contributed by atoms with Crippen molar-refractivity contribution in [2.75, 3.05) is 11.5 Å². The summed E-state index contributed by atoms with van der Waals surface area (Å²) in [5.41, 5.74) is 0. The minimum absolute atomic E-state index is 0.230. The summed E-state index contributed by atoms with van der Waals surface area (Å²) in [5, 5.41) is 0. The van der Waals surface area contributed by atoms with Crippen molar-refractivity contribution in [1.29, 1.82) is 0 Å². The van der Waals surface area contributed by atoms with Crippen molar-refractivity contribution in [1.82, 2.24) is 0 Å². The first kappa shape index (κ1) is 7.93. The summed E-state index contributed by atoms with van der Waals surface area (Å²) >= 11 is 12.4. The van der Waals surface area contributed by atoms with E-state index in [-0.39, 0.29) is 4.84 Å². The van der Waals surface area contributed by atoms with E-state index < -0.39 is 0 Å². The fraction of sp³-hybridized carbons (Fsp3) is 0.750. The lowest BCUT2D eigenvalue weighted by molar-refractivity contribution is 1.41. The van der Waals surface area contributed by atoms with Gasteiger partial charge >= 0.3 is 0 Å². The smallest absolute Gasteiger partial charge is 0.116 e. The molecule has 7 heavy (non-hydrogen) atoms. The molecule has 0 atom stereocenters. The number of hydrogen-bond acceptors (Lipinski definition) is 1. The van der Waals surface area contributed by atoms with Gasteiger partial charge in [0.1, 0.15) is 4.84 Å². The Morgan fingerprint density at radius 1 is 1.57 bits per heavy atom. The Morgan fingerprint density at radius 2 is 2.14 bits per heavy atom. The summed E-state index contributed by atoms with van der Waals surface area (Å²) in [6.07, 6.45) is 0. The first-order valence-electron chi connectivity index (χ1n) is 1.92. The predicted octanol–water partition coefficient (Wildman–Crippen LogP) is 2.36. The van der Waals surface area contributed by atoms with E-state index in [2.05, 4.69) is 6.92 Å². The molecule has 0 aromatic carbocycles. The van der Waals surface area contributed by atoms with Gasteiger partial charge in [-0.25, -0.2) is 0 Å². The fourth-order valence-corrected chi connectivity index (χ4v) is 1.05. The maximum absolute atomic E-state index is 5.37. The number of thioether (sulfide) groups is 1. The summed E-state index contributed by atoms with van der Waals surface area (Å²) < 4.78 is 0. The number of hydrogen-bond donors (Lipinski definition) is 0. The second-order valence-corrected chi connectivity index (χ2v) is 3.39. The highest BCUT2D eigenvalue weighted by atomic mass is 35.5. The molecule has 0 aromatic rings. The molecule has 0 bridgehead atoms. The van der Waals surface area contributed by atoms with Gasteiger partial charge in [0, 0.05) is 5.75 Å². The first-order valence-corrected chi connectivity index (χ1v) is 3.95. The average molecular weight is 158 g/mol. The minimum atomic E-state index is -0.230. The van der Waals surface area contributed by atoms with Gasteiger partial charge in [-0.15, -0.1) is 23.2 Å². The molecule has 0 unspecified atom stereocenters. The molecule has 0 saturated carbocycles. The van der Waals surface area contributed by atoms with E-state index in [0.29, 0.717) is 0 Å². The van der Waals surface area contributed by atoms with Gasteiger partial charge in [-0.3, -0.25) is 0 Å². The summed E-state index contributed by atoms with van der Waals surface area (Å²) in [5.74, 6) is 1.63. The van der Waals surface area contributed by atoms with E-state index in [1.54, 1.807) is 11.8 Å². The largest absolute Gasteiger partial charge is 0.159 e. The summed E-state index contributed by atoms with van der Waals surface area (Å²) in [6.45, 7) is 3.60. The highest BCUT2D eigenvalue weighted by molar-refractivity contribution is 7.99. The van der Waals surface area contributed by atoms with E-state index in [1.807, 2.05) is 0 Å².